The standard InChI is InChI=1S/C15H10Cl2FNO3/c16-10-3-1-2-9(6-10)15(21)22-8-14(20)19-13-7-11(17)4-5-12(13)18/h1-7H,8H2,(H,19,20). The molecule has 0 aromatic heterocycles. The molecule has 2 aromatic carbocycles. The van der Waals surface area contributed by atoms with Crippen LogP contribution in [0.25, 0.3) is 0 Å². The second-order valence-electron chi connectivity index (χ2n) is 4.26. The van der Waals surface area contributed by atoms with Crippen molar-refractivity contribution in [2.75, 3.05) is 11.9 Å². The topological polar surface area (TPSA) is 55.4 Å². The fourth-order valence-corrected chi connectivity index (χ4v) is 1.97. The summed E-state index contributed by atoms with van der Waals surface area (Å²) in [4.78, 5) is 23.4. The van der Waals surface area contributed by atoms with Crippen molar-refractivity contribution >= 4 is 40.8 Å². The van der Waals surface area contributed by atoms with E-state index in [0.717, 1.165) is 6.07 Å². The fraction of sp³-hybridized carbons (Fsp3) is 0.0667. The van der Waals surface area contributed by atoms with Gasteiger partial charge in [-0.1, -0.05) is 29.3 Å². The normalized spacial score (nSPS) is 10.1. The zero-order valence-electron chi connectivity index (χ0n) is 11.1. The summed E-state index contributed by atoms with van der Waals surface area (Å²) in [6, 6.07) is 9.84. The van der Waals surface area contributed by atoms with Crippen LogP contribution in [0.2, 0.25) is 10.0 Å². The minimum atomic E-state index is -0.704. The predicted molar refractivity (Wildman–Crippen MR) is 81.8 cm³/mol. The lowest BCUT2D eigenvalue weighted by Crippen LogP contribution is -2.21. The zero-order chi connectivity index (χ0) is 16.1. The number of carbonyl (C=O) groups is 2. The third-order valence-corrected chi connectivity index (χ3v) is 3.07. The molecular weight excluding hydrogens is 332 g/mol. The van der Waals surface area contributed by atoms with Gasteiger partial charge in [-0.3, -0.25) is 4.79 Å². The lowest BCUT2D eigenvalue weighted by Gasteiger charge is -2.08. The highest BCUT2D eigenvalue weighted by Crippen LogP contribution is 2.19. The number of nitrogens with one attached hydrogen (secondary N) is 1. The molecule has 114 valence electrons. The first-order valence-electron chi connectivity index (χ1n) is 6.13. The molecule has 4 nitrogen and oxygen atoms in total. The molecule has 0 heterocycles. The van der Waals surface area contributed by atoms with Crippen molar-refractivity contribution in [1.29, 1.82) is 0 Å². The first kappa shape index (κ1) is 16.3. The molecule has 0 fully saturated rings. The van der Waals surface area contributed by atoms with Crippen molar-refractivity contribution in [3.05, 3.63) is 63.9 Å². The van der Waals surface area contributed by atoms with Gasteiger partial charge in [-0.25, -0.2) is 9.18 Å². The Balaban J connectivity index is 1.93. The van der Waals surface area contributed by atoms with Crippen molar-refractivity contribution < 1.29 is 18.7 Å². The number of esters is 1. The number of anilines is 1. The molecule has 0 unspecified atom stereocenters. The molecule has 22 heavy (non-hydrogen) atoms. The molecule has 1 amide bonds. The quantitative estimate of drug-likeness (QED) is 0.857. The zero-order valence-corrected chi connectivity index (χ0v) is 12.6. The van der Waals surface area contributed by atoms with Gasteiger partial charge >= 0.3 is 5.97 Å². The monoisotopic (exact) mass is 341 g/mol. The van der Waals surface area contributed by atoms with Crippen LogP contribution in [-0.2, 0) is 9.53 Å². The smallest absolute Gasteiger partial charge is 0.338 e. The Bertz CT molecular complexity index is 722. The summed E-state index contributed by atoms with van der Waals surface area (Å²) in [5.41, 5.74) is 0.130. The third-order valence-electron chi connectivity index (χ3n) is 2.60. The highest BCUT2D eigenvalue weighted by molar-refractivity contribution is 6.31. The lowest BCUT2D eigenvalue weighted by atomic mass is 10.2. The van der Waals surface area contributed by atoms with Crippen LogP contribution < -0.4 is 5.32 Å². The Morgan fingerprint density at radius 3 is 2.55 bits per heavy atom. The Hall–Kier alpha value is -2.11. The van der Waals surface area contributed by atoms with E-state index in [4.69, 9.17) is 27.9 Å². The lowest BCUT2D eigenvalue weighted by molar-refractivity contribution is -0.119. The molecule has 0 atom stereocenters. The highest BCUT2D eigenvalue weighted by Gasteiger charge is 2.12. The maximum Gasteiger partial charge on any atom is 0.338 e. The van der Waals surface area contributed by atoms with E-state index in [0.29, 0.717) is 5.02 Å². The number of hydrogen-bond donors (Lipinski definition) is 1. The number of ether oxygens (including phenoxy) is 1. The molecule has 1 N–H and O–H groups in total. The minimum Gasteiger partial charge on any atom is -0.452 e. The van der Waals surface area contributed by atoms with Gasteiger partial charge in [0.2, 0.25) is 0 Å². The van der Waals surface area contributed by atoms with E-state index in [9.17, 15) is 14.0 Å². The van der Waals surface area contributed by atoms with Crippen LogP contribution in [0, 0.1) is 5.82 Å². The largest absolute Gasteiger partial charge is 0.452 e. The van der Waals surface area contributed by atoms with Crippen molar-refractivity contribution in [2.45, 2.75) is 0 Å². The predicted octanol–water partition coefficient (Wildman–Crippen LogP) is 3.93. The average molecular weight is 342 g/mol. The summed E-state index contributed by atoms with van der Waals surface area (Å²) < 4.78 is 18.3. The van der Waals surface area contributed by atoms with Gasteiger partial charge in [-0.15, -0.1) is 0 Å². The molecule has 7 heteroatoms. The van der Waals surface area contributed by atoms with E-state index < -0.39 is 24.3 Å². The van der Waals surface area contributed by atoms with E-state index in [2.05, 4.69) is 5.32 Å². The number of amides is 1. The summed E-state index contributed by atoms with van der Waals surface area (Å²) in [5.74, 6) is -2.03. The van der Waals surface area contributed by atoms with Gasteiger partial charge in [-0.2, -0.15) is 0 Å². The molecule has 0 radical (unpaired) electrons. The van der Waals surface area contributed by atoms with E-state index in [1.165, 1.54) is 24.3 Å². The van der Waals surface area contributed by atoms with E-state index in [1.54, 1.807) is 12.1 Å². The molecule has 0 saturated heterocycles. The Kier molecular flexibility index (Phi) is 5.35. The van der Waals surface area contributed by atoms with Crippen molar-refractivity contribution in [3.8, 4) is 0 Å². The average Bonchev–Trinajstić information content (AvgIpc) is 2.48. The van der Waals surface area contributed by atoms with Crippen molar-refractivity contribution in [3.63, 3.8) is 0 Å². The van der Waals surface area contributed by atoms with Gasteiger partial charge in [-0.05, 0) is 36.4 Å². The summed E-state index contributed by atoms with van der Waals surface area (Å²) in [6.07, 6.45) is 0. The number of benzene rings is 2. The first-order valence-corrected chi connectivity index (χ1v) is 6.89. The molecule has 0 aliphatic rings. The van der Waals surface area contributed by atoms with Crippen LogP contribution in [0.15, 0.2) is 42.5 Å². The van der Waals surface area contributed by atoms with Crippen LogP contribution >= 0.6 is 23.2 Å². The molecule has 0 spiro atoms. The summed E-state index contributed by atoms with van der Waals surface area (Å²) >= 11 is 11.5. The highest BCUT2D eigenvalue weighted by atomic mass is 35.5. The van der Waals surface area contributed by atoms with Crippen LogP contribution in [0.4, 0.5) is 10.1 Å². The van der Waals surface area contributed by atoms with Gasteiger partial charge in [0.05, 0.1) is 11.3 Å². The number of rotatable bonds is 4. The molecule has 0 aliphatic heterocycles. The summed E-state index contributed by atoms with van der Waals surface area (Å²) in [6.45, 7) is -0.558. The fourth-order valence-electron chi connectivity index (χ4n) is 1.61. The van der Waals surface area contributed by atoms with Crippen molar-refractivity contribution in [2.24, 2.45) is 0 Å². The van der Waals surface area contributed by atoms with Gasteiger partial charge in [0.15, 0.2) is 6.61 Å². The molecule has 0 saturated carbocycles. The van der Waals surface area contributed by atoms with Gasteiger partial charge < -0.3 is 10.1 Å². The second kappa shape index (κ2) is 7.24. The Morgan fingerprint density at radius 2 is 1.82 bits per heavy atom. The van der Waals surface area contributed by atoms with E-state index in [1.807, 2.05) is 0 Å². The molecule has 0 bridgehead atoms. The SMILES string of the molecule is O=C(COC(=O)c1cccc(Cl)c1)Nc1cc(Cl)ccc1F. The number of carbonyl (C=O) groups excluding carboxylic acids is 2. The molecular formula is C15H10Cl2FNO3. The summed E-state index contributed by atoms with van der Waals surface area (Å²) in [5, 5.41) is 2.91. The van der Waals surface area contributed by atoms with Gasteiger partial charge in [0, 0.05) is 10.0 Å². The van der Waals surface area contributed by atoms with Crippen LogP contribution in [0.5, 0.6) is 0 Å². The maximum absolute atomic E-state index is 13.4. The van der Waals surface area contributed by atoms with Crippen LogP contribution in [-0.4, -0.2) is 18.5 Å². The minimum absolute atomic E-state index is 0.0868. The van der Waals surface area contributed by atoms with E-state index in [-0.39, 0.29) is 16.3 Å². The first-order chi connectivity index (χ1) is 10.5. The van der Waals surface area contributed by atoms with E-state index >= 15 is 0 Å². The Morgan fingerprint density at radius 1 is 1.09 bits per heavy atom. The summed E-state index contributed by atoms with van der Waals surface area (Å²) in [7, 11) is 0. The number of halogens is 3. The molecule has 2 rings (SSSR count). The van der Waals surface area contributed by atoms with Crippen molar-refractivity contribution in [1.82, 2.24) is 0 Å². The molecule has 0 aliphatic carbocycles. The van der Waals surface area contributed by atoms with Crippen LogP contribution in [0.1, 0.15) is 10.4 Å². The van der Waals surface area contributed by atoms with Gasteiger partial charge in [0.1, 0.15) is 5.82 Å². The third kappa shape index (κ3) is 4.44. The van der Waals surface area contributed by atoms with Crippen LogP contribution in [0.3, 0.4) is 0 Å². The molecule has 2 aromatic rings. The van der Waals surface area contributed by atoms with Gasteiger partial charge in [0.25, 0.3) is 5.91 Å². The Labute approximate surface area is 135 Å². The second-order valence-corrected chi connectivity index (χ2v) is 5.13. The maximum atomic E-state index is 13.4. The number of hydrogen-bond acceptors (Lipinski definition) is 3.